The van der Waals surface area contributed by atoms with Gasteiger partial charge in [0.05, 0.1) is 13.2 Å². The summed E-state index contributed by atoms with van der Waals surface area (Å²) in [6.45, 7) is -1.62. The van der Waals surface area contributed by atoms with Crippen molar-refractivity contribution in [2.45, 2.75) is 61.4 Å². The first kappa shape index (κ1) is 30.9. The molecule has 2 aliphatic heterocycles. The van der Waals surface area contributed by atoms with Crippen molar-refractivity contribution in [2.75, 3.05) is 13.2 Å². The standard InChI is InChI=1S/C27H30O16/c28-7-14-17(33)19(35)21(37)26(40-14)42-24-15(8-29)41-27(22(38)20(24)36)43-25-18(34)16-12(32)5-11(31)6-13(16)39-23(25)9-1-3-10(30)4-2-9/h1-6,14-15,17,19-22,24,26-33,35-38H,7-8H2. The summed E-state index contributed by atoms with van der Waals surface area (Å²) in [5.41, 5.74) is -1.01. The lowest BCUT2D eigenvalue weighted by Crippen LogP contribution is -2.65. The molecule has 10 unspecified atom stereocenters. The van der Waals surface area contributed by atoms with Gasteiger partial charge in [0, 0.05) is 17.7 Å². The number of aliphatic hydroxyl groups is 7. The molecule has 43 heavy (non-hydrogen) atoms. The topological polar surface area (TPSA) is 269 Å². The monoisotopic (exact) mass is 610 g/mol. The van der Waals surface area contributed by atoms with E-state index in [2.05, 4.69) is 0 Å². The molecule has 10 N–H and O–H groups in total. The van der Waals surface area contributed by atoms with Crippen molar-refractivity contribution >= 4 is 11.0 Å². The summed E-state index contributed by atoms with van der Waals surface area (Å²) in [6.07, 6.45) is -17.4. The first-order valence-electron chi connectivity index (χ1n) is 13.0. The number of phenolic OH excluding ortho intramolecular Hbond substituents is 3. The fourth-order valence-electron chi connectivity index (χ4n) is 4.95. The third-order valence-electron chi connectivity index (χ3n) is 7.24. The van der Waals surface area contributed by atoms with E-state index in [0.717, 1.165) is 12.1 Å². The van der Waals surface area contributed by atoms with Gasteiger partial charge >= 0.3 is 0 Å². The van der Waals surface area contributed by atoms with Crippen LogP contribution in [0.5, 0.6) is 23.0 Å². The zero-order chi connectivity index (χ0) is 31.2. The average molecular weight is 611 g/mol. The van der Waals surface area contributed by atoms with Crippen molar-refractivity contribution in [3.63, 3.8) is 0 Å². The number of rotatable bonds is 7. The van der Waals surface area contributed by atoms with E-state index < -0.39 is 103 Å². The summed E-state index contributed by atoms with van der Waals surface area (Å²) in [5, 5.41) is 101. The van der Waals surface area contributed by atoms with E-state index in [9.17, 15) is 55.9 Å². The number of fused-ring (bicyclic) bond motifs is 1. The summed E-state index contributed by atoms with van der Waals surface area (Å²) in [4.78, 5) is 13.6. The maximum Gasteiger partial charge on any atom is 0.239 e. The maximum atomic E-state index is 13.6. The lowest BCUT2D eigenvalue weighted by molar-refractivity contribution is -0.352. The van der Waals surface area contributed by atoms with Gasteiger partial charge < -0.3 is 74.4 Å². The Morgan fingerprint density at radius 2 is 1.35 bits per heavy atom. The Kier molecular flexibility index (Phi) is 8.77. The van der Waals surface area contributed by atoms with Gasteiger partial charge in [0.2, 0.25) is 17.5 Å². The lowest BCUT2D eigenvalue weighted by Gasteiger charge is -2.45. The van der Waals surface area contributed by atoms with Crippen LogP contribution >= 0.6 is 0 Å². The summed E-state index contributed by atoms with van der Waals surface area (Å²) in [6, 6.07) is 7.25. The molecule has 2 saturated heterocycles. The van der Waals surface area contributed by atoms with Gasteiger partial charge in [0.15, 0.2) is 12.1 Å². The number of hydrogen-bond acceptors (Lipinski definition) is 16. The van der Waals surface area contributed by atoms with E-state index in [4.69, 9.17) is 23.4 Å². The highest BCUT2D eigenvalue weighted by Crippen LogP contribution is 2.38. The molecule has 0 amide bonds. The van der Waals surface area contributed by atoms with Crippen molar-refractivity contribution in [1.29, 1.82) is 0 Å². The minimum atomic E-state index is -1.99. The fourth-order valence-corrected chi connectivity index (χ4v) is 4.95. The molecule has 0 radical (unpaired) electrons. The van der Waals surface area contributed by atoms with Crippen LogP contribution in [0.1, 0.15) is 0 Å². The SMILES string of the molecule is O=c1c(OC2OC(CO)C(OC3OC(CO)C(O)C(O)C3O)C(O)C2O)c(-c2ccc(O)cc2)oc2cc(O)cc(O)c12. The molecule has 3 aromatic rings. The number of benzene rings is 2. The van der Waals surface area contributed by atoms with Crippen molar-refractivity contribution < 1.29 is 74.4 Å². The smallest absolute Gasteiger partial charge is 0.239 e. The molecule has 16 nitrogen and oxygen atoms in total. The molecule has 10 atom stereocenters. The van der Waals surface area contributed by atoms with Crippen LogP contribution in [0.4, 0.5) is 0 Å². The van der Waals surface area contributed by atoms with Crippen LogP contribution in [-0.4, -0.2) is 126 Å². The van der Waals surface area contributed by atoms with Crippen molar-refractivity contribution in [3.05, 3.63) is 46.6 Å². The highest BCUT2D eigenvalue weighted by Gasteiger charge is 2.51. The third kappa shape index (κ3) is 5.73. The number of hydrogen-bond donors (Lipinski definition) is 10. The van der Waals surface area contributed by atoms with Crippen LogP contribution < -0.4 is 10.2 Å². The Hall–Kier alpha value is -3.55. The summed E-state index contributed by atoms with van der Waals surface area (Å²) in [5.74, 6) is -2.07. The highest BCUT2D eigenvalue weighted by atomic mass is 16.7. The lowest BCUT2D eigenvalue weighted by atomic mass is 9.97. The van der Waals surface area contributed by atoms with E-state index in [-0.39, 0.29) is 22.7 Å². The summed E-state index contributed by atoms with van der Waals surface area (Å²) < 4.78 is 27.9. The largest absolute Gasteiger partial charge is 0.508 e. The van der Waals surface area contributed by atoms with E-state index >= 15 is 0 Å². The van der Waals surface area contributed by atoms with Gasteiger partial charge in [0.1, 0.15) is 77.0 Å². The van der Waals surface area contributed by atoms with Gasteiger partial charge in [-0.2, -0.15) is 0 Å². The Morgan fingerprint density at radius 3 is 2.00 bits per heavy atom. The fraction of sp³-hybridized carbons (Fsp3) is 0.444. The van der Waals surface area contributed by atoms with Crippen molar-refractivity contribution in [3.8, 4) is 34.3 Å². The van der Waals surface area contributed by atoms with E-state index in [1.54, 1.807) is 0 Å². The van der Waals surface area contributed by atoms with Gasteiger partial charge in [-0.05, 0) is 24.3 Å². The van der Waals surface area contributed by atoms with Crippen LogP contribution in [0.3, 0.4) is 0 Å². The number of aromatic hydroxyl groups is 3. The normalized spacial score (nSPS) is 33.0. The molecule has 0 saturated carbocycles. The number of ether oxygens (including phenoxy) is 4. The van der Waals surface area contributed by atoms with Gasteiger partial charge in [-0.25, -0.2) is 0 Å². The van der Waals surface area contributed by atoms with Crippen molar-refractivity contribution in [1.82, 2.24) is 0 Å². The summed E-state index contributed by atoms with van der Waals surface area (Å²) in [7, 11) is 0. The second kappa shape index (κ2) is 12.2. The first-order valence-corrected chi connectivity index (χ1v) is 13.0. The molecule has 2 aromatic carbocycles. The van der Waals surface area contributed by atoms with Crippen LogP contribution in [0.25, 0.3) is 22.3 Å². The third-order valence-corrected chi connectivity index (χ3v) is 7.24. The molecule has 16 heteroatoms. The van der Waals surface area contributed by atoms with Gasteiger partial charge in [0.25, 0.3) is 0 Å². The molecule has 0 spiro atoms. The predicted octanol–water partition coefficient (Wildman–Crippen LogP) is -2.42. The Morgan fingerprint density at radius 1 is 0.721 bits per heavy atom. The first-order chi connectivity index (χ1) is 20.4. The quantitative estimate of drug-likeness (QED) is 0.133. The van der Waals surface area contributed by atoms with Crippen LogP contribution in [0.15, 0.2) is 45.6 Å². The summed E-state index contributed by atoms with van der Waals surface area (Å²) >= 11 is 0. The molecule has 234 valence electrons. The molecular weight excluding hydrogens is 580 g/mol. The van der Waals surface area contributed by atoms with E-state index in [0.29, 0.717) is 0 Å². The predicted molar refractivity (Wildman–Crippen MR) is 140 cm³/mol. The molecule has 2 aliphatic rings. The van der Waals surface area contributed by atoms with Crippen LogP contribution in [-0.2, 0) is 14.2 Å². The molecule has 0 bridgehead atoms. The molecule has 5 rings (SSSR count). The Balaban J connectivity index is 1.47. The second-order valence-electron chi connectivity index (χ2n) is 10.1. The van der Waals surface area contributed by atoms with Gasteiger partial charge in [-0.1, -0.05) is 0 Å². The second-order valence-corrected chi connectivity index (χ2v) is 10.1. The molecule has 3 heterocycles. The molecule has 0 aliphatic carbocycles. The average Bonchev–Trinajstić information content (AvgIpc) is 2.97. The zero-order valence-electron chi connectivity index (χ0n) is 22.1. The number of aliphatic hydroxyl groups excluding tert-OH is 7. The minimum absolute atomic E-state index is 0.116. The maximum absolute atomic E-state index is 13.6. The minimum Gasteiger partial charge on any atom is -0.508 e. The van der Waals surface area contributed by atoms with Crippen LogP contribution in [0.2, 0.25) is 0 Å². The van der Waals surface area contributed by atoms with Gasteiger partial charge in [-0.15, -0.1) is 0 Å². The Labute approximate surface area is 241 Å². The molecular formula is C27H30O16. The van der Waals surface area contributed by atoms with E-state index in [1.165, 1.54) is 24.3 Å². The highest BCUT2D eigenvalue weighted by molar-refractivity contribution is 5.88. The Bertz CT molecular complexity index is 1490. The molecule has 1 aromatic heterocycles. The molecule has 2 fully saturated rings. The number of phenols is 3. The van der Waals surface area contributed by atoms with Crippen molar-refractivity contribution in [2.24, 2.45) is 0 Å². The van der Waals surface area contributed by atoms with Gasteiger partial charge in [-0.3, -0.25) is 4.79 Å². The zero-order valence-corrected chi connectivity index (χ0v) is 22.1. The van der Waals surface area contributed by atoms with Crippen LogP contribution in [0, 0.1) is 0 Å². The van der Waals surface area contributed by atoms with E-state index in [1.807, 2.05) is 0 Å².